The number of benzene rings is 11. The molecule has 0 amide bonds. The number of para-hydroxylation sites is 7. The van der Waals surface area contributed by atoms with Crippen molar-refractivity contribution in [3.63, 3.8) is 0 Å². The number of hydrogen-bond donors (Lipinski definition) is 0. The summed E-state index contributed by atoms with van der Waals surface area (Å²) >= 11 is 0. The van der Waals surface area contributed by atoms with Gasteiger partial charge in [0.15, 0.2) is 17.5 Å². The largest absolute Gasteiger partial charge is 0.308 e. The summed E-state index contributed by atoms with van der Waals surface area (Å²) in [6.07, 6.45) is 0. The van der Waals surface area contributed by atoms with Crippen LogP contribution in [0.5, 0.6) is 0 Å². The Bertz CT molecular complexity index is 4790. The highest BCUT2D eigenvalue weighted by Crippen LogP contribution is 2.51. The first-order valence-corrected chi connectivity index (χ1v) is 25.8. The van der Waals surface area contributed by atoms with Gasteiger partial charge in [-0.2, -0.15) is 0 Å². The van der Waals surface area contributed by atoms with E-state index in [1.807, 2.05) is 36.4 Å². The van der Waals surface area contributed by atoms with E-state index >= 15 is 0 Å². The summed E-state index contributed by atoms with van der Waals surface area (Å²) in [5, 5.41) is 9.43. The molecule has 0 fully saturated rings. The van der Waals surface area contributed by atoms with Crippen molar-refractivity contribution in [2.45, 2.75) is 0 Å². The van der Waals surface area contributed by atoms with Crippen molar-refractivity contribution in [1.29, 1.82) is 0 Å². The Morgan fingerprint density at radius 1 is 0.224 bits per heavy atom. The molecule has 0 atom stereocenters. The van der Waals surface area contributed by atoms with E-state index in [4.69, 9.17) is 15.0 Å². The number of nitrogens with zero attached hydrogens (tertiary/aromatic N) is 7. The van der Waals surface area contributed by atoms with E-state index in [2.05, 4.69) is 243 Å². The lowest BCUT2D eigenvalue weighted by molar-refractivity contribution is 1.06. The average Bonchev–Trinajstić information content (AvgIpc) is 4.09. The predicted molar refractivity (Wildman–Crippen MR) is 313 cm³/mol. The van der Waals surface area contributed by atoms with Crippen molar-refractivity contribution >= 4 is 87.2 Å². The third-order valence-electron chi connectivity index (χ3n) is 15.4. The molecule has 0 aliphatic heterocycles. The fourth-order valence-corrected chi connectivity index (χ4v) is 12.2. The summed E-state index contributed by atoms with van der Waals surface area (Å²) in [5.74, 6) is 1.81. The first kappa shape index (κ1) is 42.2. The van der Waals surface area contributed by atoms with E-state index in [9.17, 15) is 0 Å². The third kappa shape index (κ3) is 6.14. The van der Waals surface area contributed by atoms with E-state index in [1.165, 1.54) is 37.7 Å². The molecular formula is C69H43N7. The lowest BCUT2D eigenvalue weighted by Crippen LogP contribution is -2.06. The van der Waals surface area contributed by atoms with Crippen LogP contribution in [0.2, 0.25) is 0 Å². The molecular weight excluding hydrogens is 927 g/mol. The molecule has 5 heterocycles. The van der Waals surface area contributed by atoms with Crippen LogP contribution in [0.4, 0.5) is 0 Å². The van der Waals surface area contributed by atoms with Crippen LogP contribution < -0.4 is 0 Å². The van der Waals surface area contributed by atoms with Crippen LogP contribution >= 0.6 is 0 Å². The Balaban J connectivity index is 1.14. The van der Waals surface area contributed by atoms with Crippen molar-refractivity contribution in [3.8, 4) is 56.9 Å². The summed E-state index contributed by atoms with van der Waals surface area (Å²) < 4.78 is 10.0. The molecule has 0 unspecified atom stereocenters. The van der Waals surface area contributed by atoms with Gasteiger partial charge in [-0.1, -0.05) is 188 Å². The molecule has 354 valence electrons. The molecule has 0 radical (unpaired) electrons. The Labute approximate surface area is 436 Å². The maximum atomic E-state index is 5.33. The van der Waals surface area contributed by atoms with Crippen LogP contribution in [0, 0.1) is 0 Å². The van der Waals surface area contributed by atoms with Gasteiger partial charge in [0.2, 0.25) is 0 Å². The van der Waals surface area contributed by atoms with Crippen LogP contribution in [0.3, 0.4) is 0 Å². The Morgan fingerprint density at radius 2 is 0.539 bits per heavy atom. The summed E-state index contributed by atoms with van der Waals surface area (Å²) in [4.78, 5) is 15.8. The molecule has 16 rings (SSSR count). The Morgan fingerprint density at radius 3 is 0.961 bits per heavy atom. The van der Waals surface area contributed by atoms with Gasteiger partial charge < -0.3 is 18.3 Å². The van der Waals surface area contributed by atoms with Crippen molar-refractivity contribution in [2.75, 3.05) is 0 Å². The first-order valence-electron chi connectivity index (χ1n) is 25.8. The normalized spacial score (nSPS) is 11.9. The molecule has 11 aromatic carbocycles. The molecule has 0 aliphatic rings. The second-order valence-corrected chi connectivity index (χ2v) is 19.5. The van der Waals surface area contributed by atoms with Crippen molar-refractivity contribution in [2.24, 2.45) is 0 Å². The lowest BCUT2D eigenvalue weighted by atomic mass is 10.0. The zero-order valence-corrected chi connectivity index (χ0v) is 41.0. The minimum absolute atomic E-state index is 0.584. The van der Waals surface area contributed by atoms with E-state index in [1.54, 1.807) is 0 Å². The van der Waals surface area contributed by atoms with Crippen molar-refractivity contribution < 1.29 is 0 Å². The van der Waals surface area contributed by atoms with Gasteiger partial charge in [0.25, 0.3) is 0 Å². The molecule has 76 heavy (non-hydrogen) atoms. The average molecular weight is 970 g/mol. The lowest BCUT2D eigenvalue weighted by Gasteiger charge is -2.19. The molecule has 0 spiro atoms. The monoisotopic (exact) mass is 969 g/mol. The quantitative estimate of drug-likeness (QED) is 0.160. The van der Waals surface area contributed by atoms with Crippen LogP contribution in [0.15, 0.2) is 261 Å². The molecule has 0 aliphatic carbocycles. The summed E-state index contributed by atoms with van der Waals surface area (Å²) in [7, 11) is 0. The highest BCUT2D eigenvalue weighted by Gasteiger charge is 2.30. The van der Waals surface area contributed by atoms with Crippen LogP contribution in [0.25, 0.3) is 144 Å². The van der Waals surface area contributed by atoms with Gasteiger partial charge in [-0.05, 0) is 72.8 Å². The number of aromatic nitrogens is 7. The number of fused-ring (bicyclic) bond motifs is 15. The van der Waals surface area contributed by atoms with E-state index in [0.717, 1.165) is 89.0 Å². The van der Waals surface area contributed by atoms with Gasteiger partial charge in [-0.15, -0.1) is 0 Å². The molecule has 7 heteroatoms. The molecule has 0 N–H and O–H groups in total. The van der Waals surface area contributed by atoms with Gasteiger partial charge >= 0.3 is 0 Å². The molecule has 5 aromatic heterocycles. The third-order valence-corrected chi connectivity index (χ3v) is 15.4. The predicted octanol–water partition coefficient (Wildman–Crippen LogP) is 17.3. The SMILES string of the molecule is c1ccc(-c2nc(-c3ccccc3)nc(-c3ccc(-n4c5ccccc5c5ccccc54)c(-n4c5ccccc5c5c6c(c7ccccc7n6-c6ccccc6)c6c(c7ccccc7n6-c6ccccc6)c54)c3)n2)cc1. The number of hydrogen-bond acceptors (Lipinski definition) is 3. The zero-order chi connectivity index (χ0) is 49.8. The van der Waals surface area contributed by atoms with E-state index < -0.39 is 0 Å². The van der Waals surface area contributed by atoms with Gasteiger partial charge in [-0.3, -0.25) is 0 Å². The molecule has 0 saturated heterocycles. The van der Waals surface area contributed by atoms with Gasteiger partial charge in [0, 0.05) is 71.2 Å². The second kappa shape index (κ2) is 16.6. The summed E-state index contributed by atoms with van der Waals surface area (Å²) in [6, 6.07) is 93.4. The van der Waals surface area contributed by atoms with Gasteiger partial charge in [0.05, 0.1) is 55.5 Å². The topological polar surface area (TPSA) is 58.4 Å². The maximum Gasteiger partial charge on any atom is 0.164 e. The second-order valence-electron chi connectivity index (χ2n) is 19.5. The van der Waals surface area contributed by atoms with Crippen LogP contribution in [0.1, 0.15) is 0 Å². The standard InChI is InChI=1S/C69H43N7/c1-5-23-44(24-6-1)67-70-68(45-25-7-2-8-26-45)72-69(71-67)46-41-42-59(75-54-36-18-13-31-49(54)50-32-14-19-37-55(50)75)60(43-46)76-58-40-22-17-35-53(58)63-65-61(51-33-15-20-38-56(51)73(65)47-27-9-3-10-28-47)64-62(66(63)76)52-34-16-21-39-57(52)74(64)48-29-11-4-12-30-48/h1-43H. The van der Waals surface area contributed by atoms with Crippen LogP contribution in [-0.2, 0) is 0 Å². The molecule has 7 nitrogen and oxygen atoms in total. The highest BCUT2D eigenvalue weighted by molar-refractivity contribution is 6.40. The first-order chi connectivity index (χ1) is 37.8. The minimum Gasteiger partial charge on any atom is -0.308 e. The molecule has 0 bridgehead atoms. The fourth-order valence-electron chi connectivity index (χ4n) is 12.2. The van der Waals surface area contributed by atoms with Crippen LogP contribution in [-0.4, -0.2) is 33.2 Å². The van der Waals surface area contributed by atoms with Crippen molar-refractivity contribution in [1.82, 2.24) is 33.2 Å². The van der Waals surface area contributed by atoms with Crippen molar-refractivity contribution in [3.05, 3.63) is 261 Å². The smallest absolute Gasteiger partial charge is 0.164 e. The Kier molecular flexibility index (Phi) is 9.20. The zero-order valence-electron chi connectivity index (χ0n) is 41.0. The van der Waals surface area contributed by atoms with E-state index in [0.29, 0.717) is 17.5 Å². The summed E-state index contributed by atoms with van der Waals surface area (Å²) in [5.41, 5.74) is 15.9. The fraction of sp³-hybridized carbons (Fsp3) is 0. The molecule has 0 saturated carbocycles. The van der Waals surface area contributed by atoms with Gasteiger partial charge in [0.1, 0.15) is 0 Å². The Hall–Kier alpha value is -10.4. The maximum absolute atomic E-state index is 5.33. The molecule has 16 aromatic rings. The minimum atomic E-state index is 0.584. The van der Waals surface area contributed by atoms with Gasteiger partial charge in [-0.25, -0.2) is 15.0 Å². The van der Waals surface area contributed by atoms with E-state index in [-0.39, 0.29) is 0 Å². The highest BCUT2D eigenvalue weighted by atomic mass is 15.1. The summed E-state index contributed by atoms with van der Waals surface area (Å²) in [6.45, 7) is 0. The number of rotatable bonds is 7.